The van der Waals surface area contributed by atoms with Gasteiger partial charge in [-0.15, -0.1) is 0 Å². The fourth-order valence-electron chi connectivity index (χ4n) is 1.72. The van der Waals surface area contributed by atoms with Crippen LogP contribution in [-0.2, 0) is 15.1 Å². The standard InChI is InChI=1S/C14H21N3O3/c1-10-11(16-8-7-15-10)14(5,9-18)17(6)12(19)20-13(2,3)4/h7-9H,1-6H3. The third-order valence-corrected chi connectivity index (χ3v) is 2.95. The first-order valence-electron chi connectivity index (χ1n) is 6.33. The molecule has 1 amide bonds. The molecule has 6 heteroatoms. The SMILES string of the molecule is Cc1nccnc1C(C)(C=O)N(C)C(=O)OC(C)(C)C. The molecule has 0 saturated carbocycles. The lowest BCUT2D eigenvalue weighted by Crippen LogP contribution is -2.49. The smallest absolute Gasteiger partial charge is 0.411 e. The number of nitrogens with zero attached hydrogens (tertiary/aromatic N) is 3. The van der Waals surface area contributed by atoms with E-state index >= 15 is 0 Å². The van der Waals surface area contributed by atoms with Crippen LogP contribution in [0.2, 0.25) is 0 Å². The van der Waals surface area contributed by atoms with Gasteiger partial charge in [-0.2, -0.15) is 0 Å². The highest BCUT2D eigenvalue weighted by atomic mass is 16.6. The molecule has 0 spiro atoms. The van der Waals surface area contributed by atoms with Crippen LogP contribution in [0, 0.1) is 6.92 Å². The summed E-state index contributed by atoms with van der Waals surface area (Å²) in [6, 6.07) is 0. The summed E-state index contributed by atoms with van der Waals surface area (Å²) in [5.41, 5.74) is -0.825. The Hall–Kier alpha value is -1.98. The third-order valence-electron chi connectivity index (χ3n) is 2.95. The second kappa shape index (κ2) is 5.56. The van der Waals surface area contributed by atoms with Crippen LogP contribution in [0.4, 0.5) is 4.79 Å². The van der Waals surface area contributed by atoms with Gasteiger partial charge in [0.25, 0.3) is 0 Å². The zero-order valence-electron chi connectivity index (χ0n) is 12.8. The van der Waals surface area contributed by atoms with Gasteiger partial charge in [0.05, 0.1) is 11.4 Å². The molecule has 0 N–H and O–H groups in total. The van der Waals surface area contributed by atoms with Gasteiger partial charge >= 0.3 is 6.09 Å². The molecule has 1 aromatic heterocycles. The van der Waals surface area contributed by atoms with Gasteiger partial charge in [0.2, 0.25) is 0 Å². The number of likely N-dealkylation sites (N-methyl/N-ethyl adjacent to an activating group) is 1. The van der Waals surface area contributed by atoms with Crippen LogP contribution in [0.3, 0.4) is 0 Å². The van der Waals surface area contributed by atoms with E-state index in [-0.39, 0.29) is 0 Å². The zero-order chi connectivity index (χ0) is 15.6. The van der Waals surface area contributed by atoms with Crippen molar-refractivity contribution in [2.45, 2.75) is 45.8 Å². The van der Waals surface area contributed by atoms with Crippen molar-refractivity contribution in [3.05, 3.63) is 23.8 Å². The monoisotopic (exact) mass is 279 g/mol. The van der Waals surface area contributed by atoms with E-state index < -0.39 is 17.2 Å². The Morgan fingerprint density at radius 2 is 1.80 bits per heavy atom. The molecule has 0 bridgehead atoms. The van der Waals surface area contributed by atoms with Crippen LogP contribution in [0.15, 0.2) is 12.4 Å². The number of carbonyl (C=O) groups is 2. The molecule has 0 aliphatic carbocycles. The number of hydrogen-bond acceptors (Lipinski definition) is 5. The number of rotatable bonds is 3. The zero-order valence-corrected chi connectivity index (χ0v) is 12.8. The van der Waals surface area contributed by atoms with E-state index in [1.165, 1.54) is 24.3 Å². The van der Waals surface area contributed by atoms with E-state index in [4.69, 9.17) is 4.74 Å². The van der Waals surface area contributed by atoms with Crippen LogP contribution in [0.5, 0.6) is 0 Å². The number of amides is 1. The number of carbonyl (C=O) groups excluding carboxylic acids is 2. The highest BCUT2D eigenvalue weighted by Gasteiger charge is 2.39. The minimum Gasteiger partial charge on any atom is -0.444 e. The van der Waals surface area contributed by atoms with E-state index in [0.29, 0.717) is 17.7 Å². The maximum absolute atomic E-state index is 12.1. The Labute approximate surface area is 119 Å². The number of aryl methyl sites for hydroxylation is 1. The molecule has 110 valence electrons. The quantitative estimate of drug-likeness (QED) is 0.792. The van der Waals surface area contributed by atoms with Crippen LogP contribution in [-0.4, -0.2) is 39.9 Å². The second-order valence-electron chi connectivity index (χ2n) is 5.80. The van der Waals surface area contributed by atoms with Gasteiger partial charge in [-0.05, 0) is 34.6 Å². The van der Waals surface area contributed by atoms with Gasteiger partial charge in [0, 0.05) is 19.4 Å². The summed E-state index contributed by atoms with van der Waals surface area (Å²) in [5, 5.41) is 0. The highest BCUT2D eigenvalue weighted by molar-refractivity contribution is 5.77. The first-order chi connectivity index (χ1) is 9.12. The molecule has 1 unspecified atom stereocenters. The summed E-state index contributed by atoms with van der Waals surface area (Å²) in [6.45, 7) is 8.66. The first-order valence-corrected chi connectivity index (χ1v) is 6.33. The Kier molecular flexibility index (Phi) is 4.47. The fraction of sp³-hybridized carbons (Fsp3) is 0.571. The molecule has 1 aromatic rings. The molecular formula is C14H21N3O3. The van der Waals surface area contributed by atoms with E-state index in [0.717, 1.165) is 0 Å². The van der Waals surface area contributed by atoms with Gasteiger partial charge in [-0.25, -0.2) is 4.79 Å². The van der Waals surface area contributed by atoms with Gasteiger partial charge in [0.1, 0.15) is 11.1 Å². The summed E-state index contributed by atoms with van der Waals surface area (Å²) in [4.78, 5) is 33.2. The van der Waals surface area contributed by atoms with E-state index in [1.54, 1.807) is 34.6 Å². The fourth-order valence-corrected chi connectivity index (χ4v) is 1.72. The minimum absolute atomic E-state index is 0.434. The Morgan fingerprint density at radius 3 is 2.25 bits per heavy atom. The molecule has 20 heavy (non-hydrogen) atoms. The number of hydrogen-bond donors (Lipinski definition) is 0. The van der Waals surface area contributed by atoms with Gasteiger partial charge in [0.15, 0.2) is 6.29 Å². The molecule has 0 saturated heterocycles. The summed E-state index contributed by atoms with van der Waals surface area (Å²) in [7, 11) is 1.51. The van der Waals surface area contributed by atoms with Crippen LogP contribution < -0.4 is 0 Å². The van der Waals surface area contributed by atoms with Crippen LogP contribution in [0.1, 0.15) is 39.1 Å². The lowest BCUT2D eigenvalue weighted by molar-refractivity contribution is -0.117. The molecule has 1 atom stereocenters. The predicted molar refractivity (Wildman–Crippen MR) is 74.2 cm³/mol. The van der Waals surface area contributed by atoms with Crippen LogP contribution in [0.25, 0.3) is 0 Å². The van der Waals surface area contributed by atoms with Gasteiger partial charge in [-0.1, -0.05) is 0 Å². The van der Waals surface area contributed by atoms with E-state index in [1.807, 2.05) is 0 Å². The van der Waals surface area contributed by atoms with Crippen LogP contribution >= 0.6 is 0 Å². The average Bonchev–Trinajstić information content (AvgIpc) is 2.35. The highest BCUT2D eigenvalue weighted by Crippen LogP contribution is 2.26. The Balaban J connectivity index is 3.14. The summed E-state index contributed by atoms with van der Waals surface area (Å²) in [5.74, 6) is 0. The normalized spacial score (nSPS) is 14.3. The largest absolute Gasteiger partial charge is 0.444 e. The Morgan fingerprint density at radius 1 is 1.25 bits per heavy atom. The molecule has 0 aliphatic rings. The van der Waals surface area contributed by atoms with Crippen molar-refractivity contribution in [2.24, 2.45) is 0 Å². The summed E-state index contributed by atoms with van der Waals surface area (Å²) >= 11 is 0. The van der Waals surface area contributed by atoms with E-state index in [9.17, 15) is 9.59 Å². The minimum atomic E-state index is -1.22. The number of ether oxygens (including phenoxy) is 1. The average molecular weight is 279 g/mol. The van der Waals surface area contributed by atoms with E-state index in [2.05, 4.69) is 9.97 Å². The van der Waals surface area contributed by atoms with Gasteiger partial charge < -0.3 is 9.53 Å². The molecule has 0 aromatic carbocycles. The van der Waals surface area contributed by atoms with Crippen molar-refractivity contribution in [3.63, 3.8) is 0 Å². The lowest BCUT2D eigenvalue weighted by atomic mass is 9.96. The van der Waals surface area contributed by atoms with Crippen molar-refractivity contribution in [3.8, 4) is 0 Å². The summed E-state index contributed by atoms with van der Waals surface area (Å²) < 4.78 is 5.29. The Bertz CT molecular complexity index is 511. The molecule has 1 rings (SSSR count). The lowest BCUT2D eigenvalue weighted by Gasteiger charge is -2.35. The van der Waals surface area contributed by atoms with Crippen molar-refractivity contribution in [1.82, 2.24) is 14.9 Å². The molecule has 0 aliphatic heterocycles. The molecule has 0 radical (unpaired) electrons. The maximum atomic E-state index is 12.1. The molecule has 6 nitrogen and oxygen atoms in total. The maximum Gasteiger partial charge on any atom is 0.411 e. The molecule has 1 heterocycles. The third kappa shape index (κ3) is 3.31. The van der Waals surface area contributed by atoms with Gasteiger partial charge in [-0.3, -0.25) is 14.9 Å². The van der Waals surface area contributed by atoms with Crippen molar-refractivity contribution in [1.29, 1.82) is 0 Å². The molecular weight excluding hydrogens is 258 g/mol. The molecule has 0 fully saturated rings. The number of aldehydes is 1. The summed E-state index contributed by atoms with van der Waals surface area (Å²) in [6.07, 6.45) is 3.12. The van der Waals surface area contributed by atoms with Crippen molar-refractivity contribution < 1.29 is 14.3 Å². The topological polar surface area (TPSA) is 72.4 Å². The number of aromatic nitrogens is 2. The van der Waals surface area contributed by atoms with Crippen molar-refractivity contribution >= 4 is 12.4 Å². The first kappa shape index (κ1) is 16.1. The second-order valence-corrected chi connectivity index (χ2v) is 5.80. The predicted octanol–water partition coefficient (Wildman–Crippen LogP) is 2.07. The van der Waals surface area contributed by atoms with Crippen molar-refractivity contribution in [2.75, 3.05) is 7.05 Å².